The fourth-order valence-corrected chi connectivity index (χ4v) is 10.6. The van der Waals surface area contributed by atoms with Crippen molar-refractivity contribution in [1.82, 2.24) is 39.3 Å². The minimum absolute atomic E-state index is 0.0235. The van der Waals surface area contributed by atoms with E-state index < -0.39 is 4.92 Å². The van der Waals surface area contributed by atoms with E-state index in [-0.39, 0.29) is 17.5 Å². The van der Waals surface area contributed by atoms with Crippen molar-refractivity contribution in [2.75, 3.05) is 70.6 Å². The van der Waals surface area contributed by atoms with Gasteiger partial charge >= 0.3 is 0 Å². The molecule has 2 aliphatic carbocycles. The number of aromatic nitrogens is 6. The summed E-state index contributed by atoms with van der Waals surface area (Å²) < 4.78 is 27.4. The Kier molecular flexibility index (Phi) is 21.7. The zero-order chi connectivity index (χ0) is 65.5. The molecule has 12 rings (SSSR count). The molecule has 0 spiro atoms. The molecule has 93 heavy (non-hydrogen) atoms. The molecule has 2 amide bonds. The SMILES string of the molecule is CN(C(=O)/C=C/CN(C)C1CC1)c1cccc([N+](=O)[O-])c1.COc1ccc(Cn2nc(Br)c3c(Oc4ccc(C)cc4)ccnc32)cc1.COc1ccc(Cn2nc(Nc3cccc(N(C)C(=O)/C=C/CN(C)C4CC4)c3)c3c(Oc4ccc(C)cc4)ccnc32)cc1. The molecule has 0 unspecified atom stereocenters. The summed E-state index contributed by atoms with van der Waals surface area (Å²) in [4.78, 5) is 52.0. The van der Waals surface area contributed by atoms with E-state index in [0.717, 1.165) is 86.3 Å². The first-order valence-corrected chi connectivity index (χ1v) is 31.3. The number of ether oxygens (including phenoxy) is 4. The normalized spacial score (nSPS) is 12.8. The number of nitro groups is 1. The van der Waals surface area contributed by atoms with Gasteiger partial charge in [-0.3, -0.25) is 29.5 Å². The zero-order valence-electron chi connectivity index (χ0n) is 53.4. The van der Waals surface area contributed by atoms with Crippen molar-refractivity contribution in [3.63, 3.8) is 0 Å². The molecule has 4 heterocycles. The van der Waals surface area contributed by atoms with Gasteiger partial charge in [-0.25, -0.2) is 19.3 Å². The quantitative estimate of drug-likeness (QED) is 0.0360. The van der Waals surface area contributed by atoms with Gasteiger partial charge in [-0.15, -0.1) is 0 Å². The Bertz CT molecular complexity index is 4260. The highest BCUT2D eigenvalue weighted by Crippen LogP contribution is 2.38. The van der Waals surface area contributed by atoms with E-state index in [9.17, 15) is 19.7 Å². The van der Waals surface area contributed by atoms with Crippen LogP contribution in [0.2, 0.25) is 0 Å². The fourth-order valence-electron chi connectivity index (χ4n) is 10.0. The van der Waals surface area contributed by atoms with Gasteiger partial charge in [-0.05, 0) is 153 Å². The van der Waals surface area contributed by atoms with E-state index >= 15 is 0 Å². The van der Waals surface area contributed by atoms with Gasteiger partial charge in [-0.2, -0.15) is 10.2 Å². The molecular formula is C72H75BrN12O8. The average molecular weight is 1320 g/mol. The monoisotopic (exact) mass is 1310 g/mol. The lowest BCUT2D eigenvalue weighted by Crippen LogP contribution is -2.25. The van der Waals surface area contributed by atoms with Crippen molar-refractivity contribution < 1.29 is 33.5 Å². The van der Waals surface area contributed by atoms with Crippen LogP contribution in [0.3, 0.4) is 0 Å². The van der Waals surface area contributed by atoms with Gasteiger partial charge in [0.1, 0.15) is 44.5 Å². The number of halogens is 1. The molecule has 0 radical (unpaired) electrons. The first-order chi connectivity index (χ1) is 45.0. The number of anilines is 4. The van der Waals surface area contributed by atoms with Crippen LogP contribution in [0.5, 0.6) is 34.5 Å². The van der Waals surface area contributed by atoms with Crippen molar-refractivity contribution in [2.45, 2.75) is 64.7 Å². The summed E-state index contributed by atoms with van der Waals surface area (Å²) in [5, 5.41) is 25.4. The van der Waals surface area contributed by atoms with Crippen LogP contribution in [0.15, 0.2) is 199 Å². The second-order valence-electron chi connectivity index (χ2n) is 22.9. The van der Waals surface area contributed by atoms with Crippen LogP contribution in [-0.2, 0) is 22.7 Å². The van der Waals surface area contributed by atoms with Crippen LogP contribution in [0, 0.1) is 24.0 Å². The third-order valence-electron chi connectivity index (χ3n) is 15.9. The number of nitrogens with zero attached hydrogens (tertiary/aromatic N) is 11. The molecule has 21 heteroatoms. The van der Waals surface area contributed by atoms with E-state index in [1.807, 2.05) is 176 Å². The predicted molar refractivity (Wildman–Crippen MR) is 369 cm³/mol. The molecule has 478 valence electrons. The number of methoxy groups -OCH3 is 2. The number of amides is 2. The van der Waals surface area contributed by atoms with E-state index in [1.165, 1.54) is 54.4 Å². The number of fused-ring (bicyclic) bond motifs is 2. The second kappa shape index (κ2) is 30.7. The number of nitrogens with one attached hydrogen (secondary N) is 1. The molecule has 2 fully saturated rings. The molecule has 2 saturated carbocycles. The third-order valence-corrected chi connectivity index (χ3v) is 16.4. The minimum atomic E-state index is -0.470. The first-order valence-electron chi connectivity index (χ1n) is 30.5. The standard InChI is InChI=1S/C36H38N6O3.C21H18BrN3O2.C15H19N3O3/c1-25-10-16-31(17-11-25)45-32-20-21-37-36-34(32)35(39-42(36)24-26-12-18-30(44-4)19-13-26)38-27-7-5-8-29(23-27)41(3)33(43)9-6-22-40(2)28-14-15-28;1-14-3-7-17(8-4-14)27-18-11-12-23-21-19(18)20(22)24-25(21)13-15-5-9-16(26-2)10-6-15;1-16(12-8-9-12)10-4-7-15(19)17(2)13-5-3-6-14(11-13)18(20)21/h5-13,16-21,23,28H,14-15,22,24H2,1-4H3,(H,38,39);3-12H,13H2,1-2H3;3-7,11-12H,8-10H2,1-2H3/b9-6+;;7-4+. The van der Waals surface area contributed by atoms with Gasteiger partial charge in [0, 0.05) is 99.5 Å². The highest BCUT2D eigenvalue weighted by atomic mass is 79.9. The largest absolute Gasteiger partial charge is 0.497 e. The maximum atomic E-state index is 13.0. The van der Waals surface area contributed by atoms with E-state index in [2.05, 4.69) is 48.2 Å². The van der Waals surface area contributed by atoms with Crippen LogP contribution >= 0.6 is 15.9 Å². The summed E-state index contributed by atoms with van der Waals surface area (Å²) in [6, 6.07) is 50.5. The molecule has 4 aromatic heterocycles. The number of aryl methyl sites for hydroxylation is 2. The van der Waals surface area contributed by atoms with Gasteiger partial charge < -0.3 is 34.1 Å². The van der Waals surface area contributed by atoms with Crippen LogP contribution in [-0.4, -0.2) is 124 Å². The summed E-state index contributed by atoms with van der Waals surface area (Å²) >= 11 is 3.56. The molecule has 20 nitrogen and oxygen atoms in total. The molecule has 0 atom stereocenters. The number of non-ortho nitro benzene ring substituents is 1. The van der Waals surface area contributed by atoms with Crippen LogP contribution < -0.4 is 34.1 Å². The number of carbonyl (C=O) groups is 2. The summed E-state index contributed by atoms with van der Waals surface area (Å²) in [5.41, 5.74) is 7.99. The number of hydrogen-bond donors (Lipinski definition) is 1. The van der Waals surface area contributed by atoms with E-state index in [4.69, 9.17) is 29.0 Å². The number of rotatable bonds is 23. The molecular weight excluding hydrogens is 1240 g/mol. The Morgan fingerprint density at radius 3 is 1.51 bits per heavy atom. The lowest BCUT2D eigenvalue weighted by atomic mass is 10.2. The van der Waals surface area contributed by atoms with Gasteiger partial charge in [0.05, 0.1) is 43.3 Å². The molecule has 0 saturated heterocycles. The van der Waals surface area contributed by atoms with Gasteiger partial charge in [0.25, 0.3) is 5.69 Å². The predicted octanol–water partition coefficient (Wildman–Crippen LogP) is 14.5. The highest BCUT2D eigenvalue weighted by Gasteiger charge is 2.26. The molecule has 0 aliphatic heterocycles. The topological polar surface area (TPSA) is 201 Å². The van der Waals surface area contributed by atoms with Crippen molar-refractivity contribution in [1.29, 1.82) is 0 Å². The van der Waals surface area contributed by atoms with Crippen molar-refractivity contribution in [2.24, 2.45) is 0 Å². The van der Waals surface area contributed by atoms with Crippen molar-refractivity contribution >= 4 is 78.4 Å². The van der Waals surface area contributed by atoms with Crippen LogP contribution in [0.25, 0.3) is 22.1 Å². The molecule has 1 N–H and O–H groups in total. The van der Waals surface area contributed by atoms with Crippen molar-refractivity contribution in [3.05, 3.63) is 231 Å². The van der Waals surface area contributed by atoms with E-state index in [0.29, 0.717) is 52.7 Å². The number of carbonyl (C=O) groups excluding carboxylic acids is 2. The lowest BCUT2D eigenvalue weighted by molar-refractivity contribution is -0.384. The lowest BCUT2D eigenvalue weighted by Gasteiger charge is -2.17. The minimum Gasteiger partial charge on any atom is -0.497 e. The molecule has 10 aromatic rings. The number of pyridine rings is 2. The number of benzene rings is 6. The van der Waals surface area contributed by atoms with Crippen LogP contribution in [0.1, 0.15) is 47.9 Å². The Labute approximate surface area is 549 Å². The summed E-state index contributed by atoms with van der Waals surface area (Å²) in [6.45, 7) is 6.70. The fraction of sp³-hybridized carbons (Fsp3) is 0.250. The average Bonchev–Trinajstić information content (AvgIpc) is 1.69. The Morgan fingerprint density at radius 1 is 0.591 bits per heavy atom. The van der Waals surface area contributed by atoms with Gasteiger partial charge in [0.15, 0.2) is 17.1 Å². The number of hydrogen-bond acceptors (Lipinski definition) is 15. The maximum absolute atomic E-state index is 13.0. The second-order valence-corrected chi connectivity index (χ2v) is 23.6. The molecule has 2 aliphatic rings. The Hall–Kier alpha value is -10.2. The zero-order valence-corrected chi connectivity index (χ0v) is 54.9. The van der Waals surface area contributed by atoms with Gasteiger partial charge in [0.2, 0.25) is 11.8 Å². The molecule has 0 bridgehead atoms. The molecule has 6 aromatic carbocycles. The van der Waals surface area contributed by atoms with Crippen molar-refractivity contribution in [3.8, 4) is 34.5 Å². The summed E-state index contributed by atoms with van der Waals surface area (Å²) in [5.74, 6) is 4.81. The van der Waals surface area contributed by atoms with Gasteiger partial charge in [-0.1, -0.05) is 83.9 Å². The summed E-state index contributed by atoms with van der Waals surface area (Å²) in [6.07, 6.45) is 15.3. The maximum Gasteiger partial charge on any atom is 0.271 e. The van der Waals surface area contributed by atoms with E-state index in [1.54, 1.807) is 63.8 Å². The number of nitro benzene ring substituents is 1. The Balaban J connectivity index is 0.000000167. The smallest absolute Gasteiger partial charge is 0.271 e. The first kappa shape index (κ1) is 65.7. The summed E-state index contributed by atoms with van der Waals surface area (Å²) in [7, 11) is 10.8. The highest BCUT2D eigenvalue weighted by molar-refractivity contribution is 9.10. The number of likely N-dealkylation sites (N-methyl/N-ethyl adjacent to an activating group) is 4. The third kappa shape index (κ3) is 17.6. The van der Waals surface area contributed by atoms with Crippen LogP contribution in [0.4, 0.5) is 28.6 Å². The Morgan fingerprint density at radius 2 is 1.03 bits per heavy atom.